The minimum absolute atomic E-state index is 0.520. The van der Waals surface area contributed by atoms with Crippen LogP contribution in [-0.4, -0.2) is 22.7 Å². The fourth-order valence-electron chi connectivity index (χ4n) is 2.84. The maximum absolute atomic E-state index is 5.32. The van der Waals surface area contributed by atoms with Crippen molar-refractivity contribution in [1.82, 2.24) is 14.9 Å². The van der Waals surface area contributed by atoms with E-state index < -0.39 is 0 Å². The molecule has 3 rings (SSSR count). The summed E-state index contributed by atoms with van der Waals surface area (Å²) in [7, 11) is 3.76. The number of rotatable bonds is 4. The van der Waals surface area contributed by atoms with Gasteiger partial charge in [0, 0.05) is 25.5 Å². The Morgan fingerprint density at radius 1 is 1.40 bits per heavy atom. The Balaban J connectivity index is 1.64. The van der Waals surface area contributed by atoms with Crippen LogP contribution in [0.1, 0.15) is 23.4 Å². The van der Waals surface area contributed by atoms with Crippen molar-refractivity contribution < 1.29 is 4.74 Å². The largest absolute Gasteiger partial charge is 0.497 e. The Morgan fingerprint density at radius 3 is 3.05 bits per heavy atom. The second-order valence-corrected chi connectivity index (χ2v) is 5.41. The summed E-state index contributed by atoms with van der Waals surface area (Å²) in [6, 6.07) is 6.94. The normalized spacial score (nSPS) is 17.8. The standard InChI is InChI=1S/C16H21N3O/c1-19-8-7-17-16(19)11-18-14-5-3-12-4-6-15(20-2)10-13(12)9-14/h4,6-8,10,14,18H,3,5,9,11H2,1-2H3. The van der Waals surface area contributed by atoms with Crippen LogP contribution in [0.3, 0.4) is 0 Å². The molecule has 2 aromatic rings. The third-order valence-electron chi connectivity index (χ3n) is 4.11. The summed E-state index contributed by atoms with van der Waals surface area (Å²) >= 11 is 0. The summed E-state index contributed by atoms with van der Waals surface area (Å²) in [4.78, 5) is 4.35. The molecule has 4 heteroatoms. The van der Waals surface area contributed by atoms with Crippen LogP contribution in [0.4, 0.5) is 0 Å². The van der Waals surface area contributed by atoms with Crippen LogP contribution in [0.2, 0.25) is 0 Å². The van der Waals surface area contributed by atoms with E-state index in [9.17, 15) is 0 Å². The van der Waals surface area contributed by atoms with Gasteiger partial charge in [-0.3, -0.25) is 0 Å². The van der Waals surface area contributed by atoms with Crippen molar-refractivity contribution in [3.63, 3.8) is 0 Å². The van der Waals surface area contributed by atoms with Crippen molar-refractivity contribution >= 4 is 0 Å². The van der Waals surface area contributed by atoms with Gasteiger partial charge in [0.15, 0.2) is 0 Å². The number of fused-ring (bicyclic) bond motifs is 1. The Morgan fingerprint density at radius 2 is 2.30 bits per heavy atom. The lowest BCUT2D eigenvalue weighted by Crippen LogP contribution is -2.34. The third kappa shape index (κ3) is 2.70. The molecule has 0 bridgehead atoms. The van der Waals surface area contributed by atoms with Crippen molar-refractivity contribution in [2.75, 3.05) is 7.11 Å². The lowest BCUT2D eigenvalue weighted by atomic mass is 9.88. The quantitative estimate of drug-likeness (QED) is 0.925. The van der Waals surface area contributed by atoms with E-state index in [-0.39, 0.29) is 0 Å². The summed E-state index contributed by atoms with van der Waals surface area (Å²) in [6.45, 7) is 0.827. The molecule has 20 heavy (non-hydrogen) atoms. The lowest BCUT2D eigenvalue weighted by Gasteiger charge is -2.26. The van der Waals surface area contributed by atoms with Crippen molar-refractivity contribution in [2.45, 2.75) is 31.8 Å². The van der Waals surface area contributed by atoms with Crippen molar-refractivity contribution in [3.8, 4) is 5.75 Å². The van der Waals surface area contributed by atoms with Gasteiger partial charge in [-0.25, -0.2) is 4.98 Å². The number of imidazole rings is 1. The minimum atomic E-state index is 0.520. The van der Waals surface area contributed by atoms with Gasteiger partial charge in [0.2, 0.25) is 0 Å². The number of hydrogen-bond acceptors (Lipinski definition) is 3. The zero-order valence-electron chi connectivity index (χ0n) is 12.1. The molecule has 0 aliphatic heterocycles. The summed E-state index contributed by atoms with van der Waals surface area (Å²) in [5.74, 6) is 2.04. The van der Waals surface area contributed by atoms with E-state index in [0.717, 1.165) is 31.0 Å². The molecule has 0 saturated carbocycles. The first kappa shape index (κ1) is 13.2. The molecule has 1 aromatic heterocycles. The molecular weight excluding hydrogens is 250 g/mol. The van der Waals surface area contributed by atoms with Gasteiger partial charge in [0.1, 0.15) is 11.6 Å². The number of nitrogens with zero attached hydrogens (tertiary/aromatic N) is 2. The number of nitrogens with one attached hydrogen (secondary N) is 1. The van der Waals surface area contributed by atoms with Gasteiger partial charge in [-0.2, -0.15) is 0 Å². The topological polar surface area (TPSA) is 39.1 Å². The molecule has 0 radical (unpaired) electrons. The molecule has 1 N–H and O–H groups in total. The van der Waals surface area contributed by atoms with Gasteiger partial charge in [0.05, 0.1) is 13.7 Å². The van der Waals surface area contributed by atoms with Crippen LogP contribution in [0.15, 0.2) is 30.6 Å². The maximum atomic E-state index is 5.32. The highest BCUT2D eigenvalue weighted by Crippen LogP contribution is 2.25. The molecule has 106 valence electrons. The van der Waals surface area contributed by atoms with E-state index >= 15 is 0 Å². The van der Waals surface area contributed by atoms with Gasteiger partial charge < -0.3 is 14.6 Å². The number of methoxy groups -OCH3 is 1. The maximum Gasteiger partial charge on any atom is 0.122 e. The number of aryl methyl sites for hydroxylation is 2. The Kier molecular flexibility index (Phi) is 3.74. The number of hydrogen-bond donors (Lipinski definition) is 1. The van der Waals surface area contributed by atoms with E-state index in [0.29, 0.717) is 6.04 Å². The van der Waals surface area contributed by atoms with Crippen LogP contribution in [0.25, 0.3) is 0 Å². The molecule has 0 fully saturated rings. The molecule has 4 nitrogen and oxygen atoms in total. The molecular formula is C16H21N3O. The van der Waals surface area contributed by atoms with Gasteiger partial charge in [-0.05, 0) is 42.5 Å². The number of ether oxygens (including phenoxy) is 1. The lowest BCUT2D eigenvalue weighted by molar-refractivity contribution is 0.410. The minimum Gasteiger partial charge on any atom is -0.497 e. The highest BCUT2D eigenvalue weighted by molar-refractivity contribution is 5.37. The zero-order valence-corrected chi connectivity index (χ0v) is 12.1. The van der Waals surface area contributed by atoms with E-state index in [2.05, 4.69) is 33.1 Å². The van der Waals surface area contributed by atoms with Crippen LogP contribution in [0, 0.1) is 0 Å². The predicted molar refractivity (Wildman–Crippen MR) is 78.9 cm³/mol. The SMILES string of the molecule is COc1ccc2c(c1)CC(NCc1nccn1C)CC2. The third-order valence-corrected chi connectivity index (χ3v) is 4.11. The van der Waals surface area contributed by atoms with Gasteiger partial charge in [0.25, 0.3) is 0 Å². The van der Waals surface area contributed by atoms with E-state index in [1.54, 1.807) is 7.11 Å². The van der Waals surface area contributed by atoms with Crippen molar-refractivity contribution in [1.29, 1.82) is 0 Å². The van der Waals surface area contributed by atoms with Gasteiger partial charge in [-0.15, -0.1) is 0 Å². The first-order valence-corrected chi connectivity index (χ1v) is 7.11. The van der Waals surface area contributed by atoms with E-state index in [1.807, 2.05) is 19.4 Å². The number of benzene rings is 1. The van der Waals surface area contributed by atoms with Gasteiger partial charge in [-0.1, -0.05) is 6.07 Å². The second kappa shape index (κ2) is 5.67. The van der Waals surface area contributed by atoms with Crippen LogP contribution in [0.5, 0.6) is 5.75 Å². The van der Waals surface area contributed by atoms with Crippen LogP contribution in [-0.2, 0) is 26.4 Å². The monoisotopic (exact) mass is 271 g/mol. The van der Waals surface area contributed by atoms with E-state index in [4.69, 9.17) is 4.74 Å². The fraction of sp³-hybridized carbons (Fsp3) is 0.438. The average Bonchev–Trinajstić information content (AvgIpc) is 2.89. The Labute approximate surface area is 119 Å². The molecule has 1 heterocycles. The fourth-order valence-corrected chi connectivity index (χ4v) is 2.84. The summed E-state index contributed by atoms with van der Waals surface area (Å²) in [5, 5.41) is 3.62. The molecule has 1 aliphatic carbocycles. The molecule has 0 spiro atoms. The highest BCUT2D eigenvalue weighted by atomic mass is 16.5. The second-order valence-electron chi connectivity index (χ2n) is 5.41. The van der Waals surface area contributed by atoms with Crippen LogP contribution < -0.4 is 10.1 Å². The smallest absolute Gasteiger partial charge is 0.122 e. The summed E-state index contributed by atoms with van der Waals surface area (Å²) < 4.78 is 7.38. The zero-order chi connectivity index (χ0) is 13.9. The van der Waals surface area contributed by atoms with Crippen molar-refractivity contribution in [2.24, 2.45) is 7.05 Å². The van der Waals surface area contributed by atoms with Gasteiger partial charge >= 0.3 is 0 Å². The molecule has 1 unspecified atom stereocenters. The first-order chi connectivity index (χ1) is 9.76. The average molecular weight is 271 g/mol. The summed E-state index contributed by atoms with van der Waals surface area (Å²) in [6.07, 6.45) is 7.22. The van der Waals surface area contributed by atoms with Crippen LogP contribution >= 0.6 is 0 Å². The molecule has 1 aromatic carbocycles. The molecule has 0 amide bonds. The molecule has 0 saturated heterocycles. The Hall–Kier alpha value is -1.81. The molecule has 1 atom stereocenters. The summed E-state index contributed by atoms with van der Waals surface area (Å²) in [5.41, 5.74) is 2.87. The Bertz CT molecular complexity index is 591. The highest BCUT2D eigenvalue weighted by Gasteiger charge is 2.19. The predicted octanol–water partition coefficient (Wildman–Crippen LogP) is 2.08. The molecule has 1 aliphatic rings. The first-order valence-electron chi connectivity index (χ1n) is 7.11. The van der Waals surface area contributed by atoms with E-state index in [1.165, 1.54) is 17.5 Å². The van der Waals surface area contributed by atoms with Crippen molar-refractivity contribution in [3.05, 3.63) is 47.5 Å². The number of aromatic nitrogens is 2.